The maximum atomic E-state index is 6.09. The van der Waals surface area contributed by atoms with Crippen molar-refractivity contribution >= 4 is 17.6 Å². The first-order valence-electron chi connectivity index (χ1n) is 7.69. The summed E-state index contributed by atoms with van der Waals surface area (Å²) in [6.07, 6.45) is 1.94. The van der Waals surface area contributed by atoms with Gasteiger partial charge >= 0.3 is 0 Å². The zero-order chi connectivity index (χ0) is 14.9. The number of anilines is 1. The summed E-state index contributed by atoms with van der Waals surface area (Å²) in [6.45, 7) is 4.24. The van der Waals surface area contributed by atoms with Crippen LogP contribution in [0, 0.1) is 0 Å². The Kier molecular flexibility index (Phi) is 3.31. The van der Waals surface area contributed by atoms with Crippen molar-refractivity contribution in [1.82, 2.24) is 4.90 Å². The van der Waals surface area contributed by atoms with Crippen molar-refractivity contribution in [2.45, 2.75) is 0 Å². The molecule has 2 aliphatic heterocycles. The molecule has 0 bridgehead atoms. The fraction of sp³-hybridized carbons (Fsp3) is 0.278. The lowest BCUT2D eigenvalue weighted by molar-refractivity contribution is 0.312. The van der Waals surface area contributed by atoms with Crippen molar-refractivity contribution in [3.63, 3.8) is 0 Å². The molecular weight excluding hydrogens is 274 g/mol. The summed E-state index contributed by atoms with van der Waals surface area (Å²) in [5.41, 5.74) is 3.16. The maximum Gasteiger partial charge on any atom is 0.153 e. The number of para-hydroxylation sites is 2. The SMILES string of the molecule is CN1CCN(c2cccc3c2C=Nc2ccccc2O3)CC1. The van der Waals surface area contributed by atoms with Crippen LogP contribution in [0.5, 0.6) is 11.5 Å². The van der Waals surface area contributed by atoms with Gasteiger partial charge in [0.2, 0.25) is 0 Å². The average Bonchev–Trinajstić information content (AvgIpc) is 2.74. The van der Waals surface area contributed by atoms with Crippen LogP contribution in [0.15, 0.2) is 47.5 Å². The summed E-state index contributed by atoms with van der Waals surface area (Å²) in [7, 11) is 2.17. The van der Waals surface area contributed by atoms with Gasteiger partial charge in [0.25, 0.3) is 0 Å². The van der Waals surface area contributed by atoms with Gasteiger partial charge in [-0.1, -0.05) is 18.2 Å². The monoisotopic (exact) mass is 293 g/mol. The van der Waals surface area contributed by atoms with Crippen LogP contribution in [0.3, 0.4) is 0 Å². The molecule has 4 heteroatoms. The molecule has 2 aromatic carbocycles. The van der Waals surface area contributed by atoms with E-state index in [1.165, 1.54) is 5.69 Å². The molecule has 1 fully saturated rings. The van der Waals surface area contributed by atoms with E-state index in [2.05, 4.69) is 34.0 Å². The van der Waals surface area contributed by atoms with Gasteiger partial charge in [0.15, 0.2) is 5.75 Å². The van der Waals surface area contributed by atoms with Crippen molar-refractivity contribution in [3.8, 4) is 11.5 Å². The number of nitrogens with zero attached hydrogens (tertiary/aromatic N) is 3. The van der Waals surface area contributed by atoms with Gasteiger partial charge < -0.3 is 14.5 Å². The molecule has 2 heterocycles. The summed E-state index contributed by atoms with van der Waals surface area (Å²) in [6, 6.07) is 14.1. The zero-order valence-electron chi connectivity index (χ0n) is 12.7. The number of hydrogen-bond donors (Lipinski definition) is 0. The van der Waals surface area contributed by atoms with E-state index in [-0.39, 0.29) is 0 Å². The third-order valence-electron chi connectivity index (χ3n) is 4.30. The Hall–Kier alpha value is -2.33. The quantitative estimate of drug-likeness (QED) is 0.689. The molecular formula is C18H19N3O. The van der Waals surface area contributed by atoms with Crippen LogP contribution in [0.25, 0.3) is 0 Å². The summed E-state index contributed by atoms with van der Waals surface area (Å²) >= 11 is 0. The smallest absolute Gasteiger partial charge is 0.153 e. The molecule has 0 radical (unpaired) electrons. The molecule has 0 unspecified atom stereocenters. The topological polar surface area (TPSA) is 28.1 Å². The van der Waals surface area contributed by atoms with Gasteiger partial charge in [-0.05, 0) is 31.3 Å². The van der Waals surface area contributed by atoms with E-state index in [4.69, 9.17) is 4.74 Å². The highest BCUT2D eigenvalue weighted by Gasteiger charge is 2.20. The van der Waals surface area contributed by atoms with E-state index in [1.807, 2.05) is 36.5 Å². The standard InChI is InChI=1S/C18H19N3O/c1-20-9-11-21(12-10-20)16-6-4-8-17-14(16)13-19-15-5-2-3-7-18(15)22-17/h2-8,13H,9-12H2,1H3. The molecule has 1 saturated heterocycles. The molecule has 0 saturated carbocycles. The van der Waals surface area contributed by atoms with E-state index in [0.29, 0.717) is 0 Å². The lowest BCUT2D eigenvalue weighted by Gasteiger charge is -2.35. The fourth-order valence-electron chi connectivity index (χ4n) is 2.98. The van der Waals surface area contributed by atoms with E-state index in [1.54, 1.807) is 0 Å². The number of piperazine rings is 1. The van der Waals surface area contributed by atoms with Crippen molar-refractivity contribution < 1.29 is 4.74 Å². The largest absolute Gasteiger partial charge is 0.454 e. The van der Waals surface area contributed by atoms with Crippen LogP contribution in [0.4, 0.5) is 11.4 Å². The highest BCUT2D eigenvalue weighted by molar-refractivity contribution is 5.94. The summed E-state index contributed by atoms with van der Waals surface area (Å²) in [4.78, 5) is 9.39. The number of likely N-dealkylation sites (N-methyl/N-ethyl adjacent to an activating group) is 1. The second-order valence-electron chi connectivity index (χ2n) is 5.81. The van der Waals surface area contributed by atoms with Gasteiger partial charge in [-0.3, -0.25) is 4.99 Å². The Morgan fingerprint density at radius 3 is 2.55 bits per heavy atom. The first-order chi connectivity index (χ1) is 10.8. The Balaban J connectivity index is 1.73. The maximum absolute atomic E-state index is 6.09. The molecule has 4 nitrogen and oxygen atoms in total. The molecule has 0 amide bonds. The van der Waals surface area contributed by atoms with Gasteiger partial charge in [-0.25, -0.2) is 0 Å². The number of ether oxygens (including phenoxy) is 1. The third-order valence-corrected chi connectivity index (χ3v) is 4.30. The fourth-order valence-corrected chi connectivity index (χ4v) is 2.98. The molecule has 0 atom stereocenters. The van der Waals surface area contributed by atoms with E-state index >= 15 is 0 Å². The number of rotatable bonds is 1. The highest BCUT2D eigenvalue weighted by atomic mass is 16.5. The minimum absolute atomic E-state index is 0.813. The van der Waals surface area contributed by atoms with Gasteiger partial charge in [0.05, 0.1) is 5.56 Å². The van der Waals surface area contributed by atoms with Crippen LogP contribution in [-0.4, -0.2) is 44.3 Å². The first-order valence-corrected chi connectivity index (χ1v) is 7.69. The Labute approximate surface area is 130 Å². The minimum Gasteiger partial charge on any atom is -0.454 e. The molecule has 0 N–H and O–H groups in total. The Morgan fingerprint density at radius 2 is 1.68 bits per heavy atom. The average molecular weight is 293 g/mol. The number of benzene rings is 2. The molecule has 22 heavy (non-hydrogen) atoms. The predicted octanol–water partition coefficient (Wildman–Crippen LogP) is 3.29. The second kappa shape index (κ2) is 5.46. The molecule has 4 rings (SSSR count). The van der Waals surface area contributed by atoms with E-state index < -0.39 is 0 Å². The number of aliphatic imine (C=N–C) groups is 1. The summed E-state index contributed by atoms with van der Waals surface area (Å²) in [5, 5.41) is 0. The van der Waals surface area contributed by atoms with Crippen molar-refractivity contribution in [1.29, 1.82) is 0 Å². The van der Waals surface area contributed by atoms with Crippen LogP contribution in [-0.2, 0) is 0 Å². The van der Waals surface area contributed by atoms with Crippen molar-refractivity contribution in [2.75, 3.05) is 38.1 Å². The first kappa shape index (κ1) is 13.3. The minimum atomic E-state index is 0.813. The molecule has 2 aromatic rings. The molecule has 2 aliphatic rings. The van der Waals surface area contributed by atoms with E-state index in [0.717, 1.165) is 48.9 Å². The van der Waals surface area contributed by atoms with E-state index in [9.17, 15) is 0 Å². The molecule has 0 aliphatic carbocycles. The number of fused-ring (bicyclic) bond motifs is 2. The lowest BCUT2D eigenvalue weighted by Crippen LogP contribution is -2.44. The molecule has 112 valence electrons. The third kappa shape index (κ3) is 2.35. The summed E-state index contributed by atoms with van der Waals surface area (Å²) in [5.74, 6) is 1.69. The Morgan fingerprint density at radius 1 is 0.909 bits per heavy atom. The predicted molar refractivity (Wildman–Crippen MR) is 89.9 cm³/mol. The second-order valence-corrected chi connectivity index (χ2v) is 5.81. The zero-order valence-corrected chi connectivity index (χ0v) is 12.7. The van der Waals surface area contributed by atoms with Gasteiger partial charge in [-0.15, -0.1) is 0 Å². The van der Waals surface area contributed by atoms with Crippen molar-refractivity contribution in [2.24, 2.45) is 4.99 Å². The van der Waals surface area contributed by atoms with Crippen LogP contribution in [0.1, 0.15) is 5.56 Å². The Bertz CT molecular complexity index is 718. The van der Waals surface area contributed by atoms with Gasteiger partial charge in [0, 0.05) is 38.1 Å². The van der Waals surface area contributed by atoms with Crippen LogP contribution in [0.2, 0.25) is 0 Å². The summed E-state index contributed by atoms with van der Waals surface area (Å²) < 4.78 is 6.09. The van der Waals surface area contributed by atoms with Crippen molar-refractivity contribution in [3.05, 3.63) is 48.0 Å². The van der Waals surface area contributed by atoms with Crippen LogP contribution >= 0.6 is 0 Å². The van der Waals surface area contributed by atoms with Crippen LogP contribution < -0.4 is 9.64 Å². The molecule has 0 spiro atoms. The molecule has 0 aromatic heterocycles. The number of hydrogen-bond acceptors (Lipinski definition) is 4. The highest BCUT2D eigenvalue weighted by Crippen LogP contribution is 2.38. The van der Waals surface area contributed by atoms with Gasteiger partial charge in [-0.2, -0.15) is 0 Å². The lowest BCUT2D eigenvalue weighted by atomic mass is 10.1. The normalized spacial score (nSPS) is 17.4. The van der Waals surface area contributed by atoms with Gasteiger partial charge in [0.1, 0.15) is 11.4 Å².